The van der Waals surface area contributed by atoms with Crippen LogP contribution in [0.2, 0.25) is 0 Å². The second-order valence-electron chi connectivity index (χ2n) is 8.34. The van der Waals surface area contributed by atoms with E-state index in [0.717, 1.165) is 55.3 Å². The number of nitrogens with zero attached hydrogens (tertiary/aromatic N) is 5. The number of hydrogen-bond donors (Lipinski definition) is 2. The molecule has 5 rings (SSSR count). The van der Waals surface area contributed by atoms with Crippen molar-refractivity contribution in [2.45, 2.75) is 20.4 Å². The molecule has 1 saturated heterocycles. The smallest absolute Gasteiger partial charge is 0.288 e. The fraction of sp³-hybridized carbons (Fsp3) is 0.269. The van der Waals surface area contributed by atoms with Crippen molar-refractivity contribution in [1.29, 1.82) is 0 Å². The molecule has 2 aromatic heterocycles. The number of benzene rings is 2. The van der Waals surface area contributed by atoms with Crippen molar-refractivity contribution < 1.29 is 9.13 Å². The molecule has 1 aliphatic heterocycles. The van der Waals surface area contributed by atoms with Crippen LogP contribution in [0.3, 0.4) is 0 Å². The third-order valence-corrected chi connectivity index (χ3v) is 6.23. The van der Waals surface area contributed by atoms with E-state index in [2.05, 4.69) is 30.3 Å². The lowest BCUT2D eigenvalue weighted by molar-refractivity contribution is 0.432. The summed E-state index contributed by atoms with van der Waals surface area (Å²) in [5.74, 6) is -0.166. The zero-order chi connectivity index (χ0) is 24.4. The van der Waals surface area contributed by atoms with Crippen molar-refractivity contribution in [1.82, 2.24) is 19.9 Å². The minimum Gasteiger partial charge on any atom is -0.446 e. The van der Waals surface area contributed by atoms with Gasteiger partial charge in [0, 0.05) is 55.2 Å². The lowest BCUT2D eigenvalue weighted by atomic mass is 10.2. The average Bonchev–Trinajstić information content (AvgIpc) is 3.22. The van der Waals surface area contributed by atoms with Crippen LogP contribution in [0.5, 0.6) is 11.6 Å². The minimum absolute atomic E-state index is 0.000155. The molecule has 2 aromatic carbocycles. The molecule has 0 amide bonds. The van der Waals surface area contributed by atoms with Gasteiger partial charge in [-0.2, -0.15) is 0 Å². The van der Waals surface area contributed by atoms with E-state index in [0.29, 0.717) is 11.2 Å². The number of aromatic nitrogens is 3. The van der Waals surface area contributed by atoms with Gasteiger partial charge in [-0.15, -0.1) is 0 Å². The third-order valence-electron chi connectivity index (χ3n) is 6.23. The van der Waals surface area contributed by atoms with Gasteiger partial charge in [0.05, 0.1) is 12.1 Å². The maximum atomic E-state index is 15.3. The maximum absolute atomic E-state index is 15.3. The lowest BCUT2D eigenvalue weighted by Crippen LogP contribution is -2.43. The summed E-state index contributed by atoms with van der Waals surface area (Å²) >= 11 is 0. The van der Waals surface area contributed by atoms with E-state index in [1.54, 1.807) is 12.1 Å². The molecule has 0 saturated carbocycles. The molecule has 0 aliphatic carbocycles. The van der Waals surface area contributed by atoms with E-state index < -0.39 is 5.82 Å². The van der Waals surface area contributed by atoms with Gasteiger partial charge in [0.15, 0.2) is 11.6 Å². The summed E-state index contributed by atoms with van der Waals surface area (Å²) in [6, 6.07) is 13.2. The van der Waals surface area contributed by atoms with E-state index >= 15 is 4.39 Å². The Balaban J connectivity index is 1.40. The van der Waals surface area contributed by atoms with Crippen LogP contribution < -0.4 is 20.3 Å². The van der Waals surface area contributed by atoms with Gasteiger partial charge in [-0.25, -0.2) is 19.2 Å². The van der Waals surface area contributed by atoms with Gasteiger partial charge in [0.1, 0.15) is 12.1 Å². The normalized spacial score (nSPS) is 13.6. The minimum atomic E-state index is -0.481. The molecule has 9 heteroatoms. The number of fused-ring (bicyclic) bond motifs is 1. The zero-order valence-corrected chi connectivity index (χ0v) is 19.7. The van der Waals surface area contributed by atoms with E-state index in [-0.39, 0.29) is 17.3 Å². The molecule has 8 nitrogen and oxygen atoms in total. The van der Waals surface area contributed by atoms with Gasteiger partial charge >= 0.3 is 0 Å². The predicted molar refractivity (Wildman–Crippen MR) is 135 cm³/mol. The first-order chi connectivity index (χ1) is 17.1. The van der Waals surface area contributed by atoms with Gasteiger partial charge < -0.3 is 24.8 Å². The first kappa shape index (κ1) is 22.6. The van der Waals surface area contributed by atoms with Crippen LogP contribution in [-0.4, -0.2) is 40.7 Å². The average molecular weight is 472 g/mol. The highest BCUT2D eigenvalue weighted by atomic mass is 19.1. The summed E-state index contributed by atoms with van der Waals surface area (Å²) in [4.78, 5) is 14.2. The number of anilines is 3. The van der Waals surface area contributed by atoms with Crippen LogP contribution in [0.1, 0.15) is 12.6 Å². The molecule has 178 valence electrons. The number of aryl methyl sites for hydroxylation is 2. The van der Waals surface area contributed by atoms with Crippen molar-refractivity contribution in [2.24, 2.45) is 0 Å². The highest BCUT2D eigenvalue weighted by molar-refractivity contribution is 5.84. The van der Waals surface area contributed by atoms with Crippen molar-refractivity contribution in [3.8, 4) is 11.6 Å². The first-order valence-electron chi connectivity index (χ1n) is 11.6. The summed E-state index contributed by atoms with van der Waals surface area (Å²) in [6.07, 6.45) is 1.30. The van der Waals surface area contributed by atoms with Gasteiger partial charge in [-0.3, -0.25) is 0 Å². The second-order valence-corrected chi connectivity index (χ2v) is 8.34. The summed E-state index contributed by atoms with van der Waals surface area (Å²) < 4.78 is 23.1. The Kier molecular flexibility index (Phi) is 6.21. The summed E-state index contributed by atoms with van der Waals surface area (Å²) in [5.41, 5.74) is 3.78. The molecule has 3 heterocycles. The first-order valence-corrected chi connectivity index (χ1v) is 11.6. The van der Waals surface area contributed by atoms with E-state index in [9.17, 15) is 0 Å². The molecule has 0 radical (unpaired) electrons. The van der Waals surface area contributed by atoms with E-state index in [1.165, 1.54) is 6.33 Å². The van der Waals surface area contributed by atoms with E-state index in [4.69, 9.17) is 11.3 Å². The number of piperazine rings is 1. The van der Waals surface area contributed by atoms with Crippen LogP contribution in [0.4, 0.5) is 27.3 Å². The zero-order valence-electron chi connectivity index (χ0n) is 19.7. The monoisotopic (exact) mass is 471 g/mol. The largest absolute Gasteiger partial charge is 0.446 e. The Labute approximate surface area is 203 Å². The number of halogens is 1. The van der Waals surface area contributed by atoms with Crippen LogP contribution in [0, 0.1) is 19.3 Å². The second kappa shape index (κ2) is 9.60. The molecule has 0 spiro atoms. The Bertz CT molecular complexity index is 1400. The van der Waals surface area contributed by atoms with Crippen LogP contribution >= 0.6 is 0 Å². The van der Waals surface area contributed by atoms with Gasteiger partial charge in [0.25, 0.3) is 5.69 Å². The number of ether oxygens (including phenoxy) is 1. The fourth-order valence-corrected chi connectivity index (χ4v) is 4.46. The molecule has 1 fully saturated rings. The molecular weight excluding hydrogens is 445 g/mol. The van der Waals surface area contributed by atoms with Crippen molar-refractivity contribution in [3.63, 3.8) is 0 Å². The quantitative estimate of drug-likeness (QED) is 0.367. The molecule has 4 aromatic rings. The highest BCUT2D eigenvalue weighted by Gasteiger charge is 2.19. The Morgan fingerprint density at radius 2 is 1.91 bits per heavy atom. The van der Waals surface area contributed by atoms with Crippen LogP contribution in [0.25, 0.3) is 15.7 Å². The topological polar surface area (TPSA) is 71.6 Å². The molecule has 0 atom stereocenters. The Morgan fingerprint density at radius 1 is 1.14 bits per heavy atom. The van der Waals surface area contributed by atoms with Crippen molar-refractivity contribution >= 4 is 33.8 Å². The van der Waals surface area contributed by atoms with Crippen molar-refractivity contribution in [2.75, 3.05) is 36.4 Å². The standard InChI is InChI=1S/C26H26FN7O/c1-4-34-17(2)15-20-21(34)9-10-22(23(20)27)35-26-24(28-3)25(30-16-31-26)32-18-5-7-19(8-6-18)33-13-11-29-12-14-33/h5-10,15-16,29H,4,11-14H2,1-2H3,(H,30,31,32). The predicted octanol–water partition coefficient (Wildman–Crippen LogP) is 5.40. The van der Waals surface area contributed by atoms with Gasteiger partial charge in [-0.1, -0.05) is 0 Å². The van der Waals surface area contributed by atoms with Crippen molar-refractivity contribution in [3.05, 3.63) is 71.7 Å². The number of rotatable bonds is 6. The molecule has 35 heavy (non-hydrogen) atoms. The Morgan fingerprint density at radius 3 is 2.63 bits per heavy atom. The van der Waals surface area contributed by atoms with Crippen LogP contribution in [-0.2, 0) is 6.54 Å². The summed E-state index contributed by atoms with van der Waals surface area (Å²) in [7, 11) is 0. The molecule has 0 unspecified atom stereocenters. The van der Waals surface area contributed by atoms with E-state index in [1.807, 2.05) is 48.7 Å². The molecule has 0 bridgehead atoms. The molecule has 1 aliphatic rings. The van der Waals surface area contributed by atoms with Gasteiger partial charge in [0.2, 0.25) is 5.88 Å². The van der Waals surface area contributed by atoms with Crippen LogP contribution in [0.15, 0.2) is 48.8 Å². The van der Waals surface area contributed by atoms with Gasteiger partial charge in [-0.05, 0) is 56.3 Å². The fourth-order valence-electron chi connectivity index (χ4n) is 4.46. The SMILES string of the molecule is [C-]#[N+]c1c(Nc2ccc(N3CCNCC3)cc2)ncnc1Oc1ccc2c(cc(C)n2CC)c1F. The molecule has 2 N–H and O–H groups in total. The lowest BCUT2D eigenvalue weighted by Gasteiger charge is -2.29. The number of hydrogen-bond acceptors (Lipinski definition) is 6. The maximum Gasteiger partial charge on any atom is 0.288 e. The molecular formula is C26H26FN7O. The highest BCUT2D eigenvalue weighted by Crippen LogP contribution is 2.38. The Hall–Kier alpha value is -4.16. The summed E-state index contributed by atoms with van der Waals surface area (Å²) in [5, 5.41) is 6.99. The number of nitrogens with one attached hydrogen (secondary N) is 2. The third kappa shape index (κ3) is 4.36. The summed E-state index contributed by atoms with van der Waals surface area (Å²) in [6.45, 7) is 16.3.